The molecule has 212 valence electrons. The number of nitrogen functional groups attached to an aromatic ring is 1. The van der Waals surface area contributed by atoms with E-state index >= 15 is 0 Å². The van der Waals surface area contributed by atoms with Crippen molar-refractivity contribution in [3.8, 4) is 0 Å². The number of anilines is 2. The van der Waals surface area contributed by atoms with Crippen LogP contribution in [0.1, 0.15) is 52.8 Å². The molecule has 0 unspecified atom stereocenters. The Bertz CT molecular complexity index is 1260. The maximum absolute atomic E-state index is 12.4. The normalized spacial score (nSPS) is 21.7. The Labute approximate surface area is 229 Å². The second kappa shape index (κ2) is 11.9. The fourth-order valence-electron chi connectivity index (χ4n) is 4.81. The van der Waals surface area contributed by atoms with E-state index in [-0.39, 0.29) is 17.5 Å². The fraction of sp³-hybridized carbons (Fsp3) is 0.536. The molecule has 2 amide bonds. The summed E-state index contributed by atoms with van der Waals surface area (Å²) in [5, 5.41) is 28.0. The second-order valence-corrected chi connectivity index (χ2v) is 11.4. The zero-order chi connectivity index (χ0) is 28.3. The van der Waals surface area contributed by atoms with Gasteiger partial charge in [-0.05, 0) is 49.4 Å². The number of aromatic nitrogens is 3. The minimum absolute atomic E-state index is 0.0573. The zero-order valence-corrected chi connectivity index (χ0v) is 23.3. The Kier molecular flexibility index (Phi) is 8.75. The lowest BCUT2D eigenvalue weighted by Gasteiger charge is -2.30. The van der Waals surface area contributed by atoms with E-state index in [0.29, 0.717) is 42.9 Å². The summed E-state index contributed by atoms with van der Waals surface area (Å²) in [7, 11) is 0. The summed E-state index contributed by atoms with van der Waals surface area (Å²) in [6.07, 6.45) is 0.210. The van der Waals surface area contributed by atoms with E-state index < -0.39 is 24.5 Å². The molecule has 4 rings (SSSR count). The number of nitrogens with one attached hydrogen (secondary N) is 2. The van der Waals surface area contributed by atoms with Gasteiger partial charge in [0.1, 0.15) is 36.1 Å². The lowest BCUT2D eigenvalue weighted by atomic mass is 9.87. The number of ether oxygens (including phenoxy) is 1. The summed E-state index contributed by atoms with van der Waals surface area (Å²) in [6.45, 7) is 12.2. The van der Waals surface area contributed by atoms with Gasteiger partial charge in [-0.2, -0.15) is 0 Å². The van der Waals surface area contributed by atoms with Gasteiger partial charge in [0, 0.05) is 37.6 Å². The lowest BCUT2D eigenvalue weighted by molar-refractivity contribution is -0.0465. The molecule has 1 aliphatic heterocycles. The predicted octanol–water partition coefficient (Wildman–Crippen LogP) is 2.85. The second-order valence-electron chi connectivity index (χ2n) is 11.4. The van der Waals surface area contributed by atoms with Crippen molar-refractivity contribution >= 4 is 28.6 Å². The molecule has 0 bridgehead atoms. The number of amides is 2. The first-order valence-corrected chi connectivity index (χ1v) is 13.4. The maximum atomic E-state index is 12.4. The predicted molar refractivity (Wildman–Crippen MR) is 151 cm³/mol. The van der Waals surface area contributed by atoms with Crippen LogP contribution in [0, 0.1) is 0 Å². The highest BCUT2D eigenvalue weighted by atomic mass is 16.6. The molecule has 1 aromatic carbocycles. The first-order valence-electron chi connectivity index (χ1n) is 13.4. The van der Waals surface area contributed by atoms with Crippen molar-refractivity contribution in [2.24, 2.45) is 0 Å². The molecule has 11 heteroatoms. The van der Waals surface area contributed by atoms with Crippen molar-refractivity contribution < 1.29 is 19.7 Å². The number of hydrogen-bond acceptors (Lipinski definition) is 8. The summed E-state index contributed by atoms with van der Waals surface area (Å²) in [6, 6.07) is 9.57. The number of aliphatic hydroxyl groups excluding tert-OH is 2. The van der Waals surface area contributed by atoms with Crippen molar-refractivity contribution in [1.29, 1.82) is 0 Å². The SMILES string of the molecule is CC(C)N(CCCNC(=O)Nc1ccc(C(C)(C)C)cc1)C[C@H]1O[C@@H](n2ccc3c(N)ncnc32)[C@H](O)[C@H]1O. The van der Waals surface area contributed by atoms with Crippen molar-refractivity contribution in [3.63, 3.8) is 0 Å². The van der Waals surface area contributed by atoms with Gasteiger partial charge in [0.05, 0.1) is 5.39 Å². The summed E-state index contributed by atoms with van der Waals surface area (Å²) in [5.74, 6) is 0.343. The Balaban J connectivity index is 1.27. The first kappa shape index (κ1) is 28.8. The van der Waals surface area contributed by atoms with Gasteiger partial charge in [-0.3, -0.25) is 4.90 Å². The van der Waals surface area contributed by atoms with Crippen LogP contribution in [0.15, 0.2) is 42.9 Å². The third-order valence-electron chi connectivity index (χ3n) is 7.21. The number of rotatable bonds is 9. The average molecular weight is 540 g/mol. The zero-order valence-electron chi connectivity index (χ0n) is 23.3. The van der Waals surface area contributed by atoms with Crippen LogP contribution in [0.4, 0.5) is 16.3 Å². The molecule has 2 aromatic heterocycles. The van der Waals surface area contributed by atoms with E-state index in [0.717, 1.165) is 5.69 Å². The van der Waals surface area contributed by atoms with E-state index in [9.17, 15) is 15.0 Å². The van der Waals surface area contributed by atoms with Gasteiger partial charge >= 0.3 is 6.03 Å². The third kappa shape index (κ3) is 6.67. The van der Waals surface area contributed by atoms with Crippen molar-refractivity contribution in [1.82, 2.24) is 24.8 Å². The van der Waals surface area contributed by atoms with Crippen LogP contribution >= 0.6 is 0 Å². The highest BCUT2D eigenvalue weighted by molar-refractivity contribution is 5.89. The number of nitrogens with two attached hydrogens (primary N) is 1. The monoisotopic (exact) mass is 539 g/mol. The summed E-state index contributed by atoms with van der Waals surface area (Å²) in [4.78, 5) is 22.8. The summed E-state index contributed by atoms with van der Waals surface area (Å²) in [5.41, 5.74) is 8.48. The van der Waals surface area contributed by atoms with E-state index in [1.54, 1.807) is 16.8 Å². The number of fused-ring (bicyclic) bond motifs is 1. The molecule has 0 radical (unpaired) electrons. The van der Waals surface area contributed by atoms with E-state index in [2.05, 4.69) is 60.1 Å². The molecule has 1 aliphatic rings. The topological polar surface area (TPSA) is 151 Å². The van der Waals surface area contributed by atoms with E-state index in [4.69, 9.17) is 10.5 Å². The smallest absolute Gasteiger partial charge is 0.319 e. The van der Waals surface area contributed by atoms with Gasteiger partial charge in [0.25, 0.3) is 0 Å². The minimum atomic E-state index is -1.13. The van der Waals surface area contributed by atoms with Crippen molar-refractivity contribution in [2.75, 3.05) is 30.7 Å². The molecule has 11 nitrogen and oxygen atoms in total. The molecule has 3 aromatic rings. The Morgan fingerprint density at radius 2 is 1.87 bits per heavy atom. The van der Waals surface area contributed by atoms with Crippen LogP contribution in [0.25, 0.3) is 11.0 Å². The van der Waals surface area contributed by atoms with Gasteiger partial charge in [0.15, 0.2) is 6.23 Å². The Morgan fingerprint density at radius 1 is 1.15 bits per heavy atom. The van der Waals surface area contributed by atoms with Crippen LogP contribution in [-0.4, -0.2) is 79.7 Å². The maximum Gasteiger partial charge on any atom is 0.319 e. The van der Waals surface area contributed by atoms with Crippen molar-refractivity contribution in [3.05, 3.63) is 48.4 Å². The number of nitrogens with zero attached hydrogens (tertiary/aromatic N) is 4. The Hall–Kier alpha value is -3.25. The van der Waals surface area contributed by atoms with Crippen LogP contribution in [-0.2, 0) is 10.2 Å². The molecule has 39 heavy (non-hydrogen) atoms. The third-order valence-corrected chi connectivity index (χ3v) is 7.21. The molecular weight excluding hydrogens is 498 g/mol. The number of carbonyl (C=O) groups excluding carboxylic acids is 1. The highest BCUT2D eigenvalue weighted by Crippen LogP contribution is 2.33. The Morgan fingerprint density at radius 3 is 2.54 bits per heavy atom. The standard InChI is InChI=1S/C28H41N7O4/c1-17(2)34(13-6-12-30-27(38)33-19-9-7-18(8-10-19)28(3,4)5)15-21-22(36)23(37)26(39-21)35-14-11-20-24(29)31-16-32-25(20)35/h7-11,14,16-17,21-23,26,36-37H,6,12-13,15H2,1-5H3,(H2,29,31,32)(H2,30,33,38)/t21-,22+,23-,26-/m1/s1. The minimum Gasteiger partial charge on any atom is -0.387 e. The molecule has 0 saturated carbocycles. The van der Waals surface area contributed by atoms with Gasteiger partial charge in [-0.25, -0.2) is 14.8 Å². The van der Waals surface area contributed by atoms with Crippen LogP contribution in [0.5, 0.6) is 0 Å². The van der Waals surface area contributed by atoms with Gasteiger partial charge in [-0.15, -0.1) is 0 Å². The molecule has 3 heterocycles. The molecule has 0 aliphatic carbocycles. The number of benzene rings is 1. The highest BCUT2D eigenvalue weighted by Gasteiger charge is 2.44. The molecule has 4 atom stereocenters. The largest absolute Gasteiger partial charge is 0.387 e. The quantitative estimate of drug-likeness (QED) is 0.261. The molecule has 1 saturated heterocycles. The molecular formula is C28H41N7O4. The molecule has 6 N–H and O–H groups in total. The van der Waals surface area contributed by atoms with Crippen LogP contribution in [0.3, 0.4) is 0 Å². The molecule has 1 fully saturated rings. The van der Waals surface area contributed by atoms with Crippen molar-refractivity contribution in [2.45, 2.75) is 77.0 Å². The van der Waals surface area contributed by atoms with E-state index in [1.807, 2.05) is 24.3 Å². The number of hydrogen-bond donors (Lipinski definition) is 5. The first-order chi connectivity index (χ1) is 18.5. The van der Waals surface area contributed by atoms with E-state index in [1.165, 1.54) is 11.9 Å². The van der Waals surface area contributed by atoms with Crippen LogP contribution < -0.4 is 16.4 Å². The lowest BCUT2D eigenvalue weighted by Crippen LogP contribution is -2.44. The average Bonchev–Trinajstić information content (AvgIpc) is 3.42. The number of carbonyl (C=O) groups is 1. The van der Waals surface area contributed by atoms with Gasteiger partial charge in [-0.1, -0.05) is 32.9 Å². The fourth-order valence-corrected chi connectivity index (χ4v) is 4.81. The summed E-state index contributed by atoms with van der Waals surface area (Å²) < 4.78 is 7.82. The molecule has 0 spiro atoms. The van der Waals surface area contributed by atoms with Gasteiger partial charge in [0.2, 0.25) is 0 Å². The number of aliphatic hydroxyl groups is 2. The van der Waals surface area contributed by atoms with Crippen LogP contribution in [0.2, 0.25) is 0 Å². The number of urea groups is 1. The van der Waals surface area contributed by atoms with Gasteiger partial charge < -0.3 is 35.9 Å². The summed E-state index contributed by atoms with van der Waals surface area (Å²) >= 11 is 0.